The van der Waals surface area contributed by atoms with Crippen LogP contribution < -0.4 is 11.1 Å². The third-order valence-corrected chi connectivity index (χ3v) is 4.21. The summed E-state index contributed by atoms with van der Waals surface area (Å²) in [6, 6.07) is 10.4. The summed E-state index contributed by atoms with van der Waals surface area (Å²) < 4.78 is 0.707. The topological polar surface area (TPSA) is 55.1 Å². The number of carbonyl (C=O) groups is 1. The molecule has 21 heavy (non-hydrogen) atoms. The maximum atomic E-state index is 12.1. The summed E-state index contributed by atoms with van der Waals surface area (Å²) in [7, 11) is 0. The van der Waals surface area contributed by atoms with Crippen LogP contribution >= 0.6 is 39.1 Å². The quantitative estimate of drug-likeness (QED) is 0.768. The lowest BCUT2D eigenvalue weighted by atomic mass is 10.1. The van der Waals surface area contributed by atoms with Crippen LogP contribution in [0.15, 0.2) is 40.9 Å². The van der Waals surface area contributed by atoms with E-state index >= 15 is 0 Å². The zero-order valence-electron chi connectivity index (χ0n) is 11.0. The van der Waals surface area contributed by atoms with Gasteiger partial charge in [-0.25, -0.2) is 0 Å². The van der Waals surface area contributed by atoms with E-state index in [-0.39, 0.29) is 5.91 Å². The van der Waals surface area contributed by atoms with Gasteiger partial charge >= 0.3 is 0 Å². The molecule has 0 unspecified atom stereocenters. The molecule has 110 valence electrons. The second-order valence-electron chi connectivity index (χ2n) is 4.48. The van der Waals surface area contributed by atoms with Crippen LogP contribution in [0.4, 0.5) is 5.69 Å². The normalized spacial score (nSPS) is 10.4. The van der Waals surface area contributed by atoms with Gasteiger partial charge in [-0.15, -0.1) is 0 Å². The minimum atomic E-state index is -0.181. The van der Waals surface area contributed by atoms with Crippen LogP contribution in [0, 0.1) is 0 Å². The van der Waals surface area contributed by atoms with Crippen LogP contribution in [0.5, 0.6) is 0 Å². The predicted molar refractivity (Wildman–Crippen MR) is 91.1 cm³/mol. The number of anilines is 1. The summed E-state index contributed by atoms with van der Waals surface area (Å²) in [4.78, 5) is 12.1. The molecule has 0 aliphatic carbocycles. The van der Waals surface area contributed by atoms with E-state index in [0.29, 0.717) is 38.7 Å². The van der Waals surface area contributed by atoms with Gasteiger partial charge in [0.15, 0.2) is 0 Å². The highest BCUT2D eigenvalue weighted by Crippen LogP contribution is 2.22. The van der Waals surface area contributed by atoms with Crippen molar-refractivity contribution >= 4 is 50.7 Å². The van der Waals surface area contributed by atoms with E-state index in [9.17, 15) is 4.79 Å². The van der Waals surface area contributed by atoms with Crippen LogP contribution in [0.25, 0.3) is 0 Å². The van der Waals surface area contributed by atoms with Gasteiger partial charge in [0.25, 0.3) is 5.91 Å². The Bertz CT molecular complexity index is 677. The molecule has 0 aliphatic rings. The third-order valence-electron chi connectivity index (χ3n) is 2.93. The summed E-state index contributed by atoms with van der Waals surface area (Å²) in [5.74, 6) is -0.181. The average molecular weight is 388 g/mol. The van der Waals surface area contributed by atoms with Crippen LogP contribution in [0.3, 0.4) is 0 Å². The predicted octanol–water partition coefficient (Wildman–Crippen LogP) is 4.31. The molecule has 0 heterocycles. The molecule has 2 aromatic rings. The van der Waals surface area contributed by atoms with E-state index in [0.717, 1.165) is 5.56 Å². The van der Waals surface area contributed by atoms with Crippen molar-refractivity contribution in [2.45, 2.75) is 6.42 Å². The van der Waals surface area contributed by atoms with Crippen LogP contribution in [-0.2, 0) is 6.42 Å². The fourth-order valence-corrected chi connectivity index (χ4v) is 2.78. The van der Waals surface area contributed by atoms with Crippen LogP contribution in [-0.4, -0.2) is 12.5 Å². The Labute approximate surface area is 141 Å². The Morgan fingerprint density at radius 2 is 1.95 bits per heavy atom. The SMILES string of the molecule is Nc1ccc(Br)c(C(=O)NCCc2ccc(Cl)cc2Cl)c1. The molecule has 0 saturated carbocycles. The molecular weight excluding hydrogens is 375 g/mol. The highest BCUT2D eigenvalue weighted by Gasteiger charge is 2.10. The molecule has 0 radical (unpaired) electrons. The molecule has 0 fully saturated rings. The minimum absolute atomic E-state index is 0.181. The highest BCUT2D eigenvalue weighted by atomic mass is 79.9. The van der Waals surface area contributed by atoms with Crippen molar-refractivity contribution in [3.8, 4) is 0 Å². The lowest BCUT2D eigenvalue weighted by molar-refractivity contribution is 0.0953. The summed E-state index contributed by atoms with van der Waals surface area (Å²) in [5.41, 5.74) is 7.68. The second-order valence-corrected chi connectivity index (χ2v) is 6.18. The molecule has 3 nitrogen and oxygen atoms in total. The van der Waals surface area contributed by atoms with Crippen molar-refractivity contribution in [3.63, 3.8) is 0 Å². The fraction of sp³-hybridized carbons (Fsp3) is 0.133. The monoisotopic (exact) mass is 386 g/mol. The van der Waals surface area contributed by atoms with Crippen molar-refractivity contribution < 1.29 is 4.79 Å². The molecule has 2 rings (SSSR count). The first kappa shape index (κ1) is 16.1. The zero-order chi connectivity index (χ0) is 15.4. The van der Waals surface area contributed by atoms with Crippen LogP contribution in [0.1, 0.15) is 15.9 Å². The van der Waals surface area contributed by atoms with E-state index in [1.165, 1.54) is 0 Å². The number of hydrogen-bond donors (Lipinski definition) is 2. The molecule has 0 aliphatic heterocycles. The molecule has 0 saturated heterocycles. The van der Waals surface area contributed by atoms with E-state index in [4.69, 9.17) is 28.9 Å². The Balaban J connectivity index is 1.97. The molecule has 0 atom stereocenters. The van der Waals surface area contributed by atoms with Crippen molar-refractivity contribution in [3.05, 3.63) is 62.0 Å². The van der Waals surface area contributed by atoms with Gasteiger partial charge in [0, 0.05) is 26.8 Å². The van der Waals surface area contributed by atoms with Gasteiger partial charge in [-0.3, -0.25) is 4.79 Å². The summed E-state index contributed by atoms with van der Waals surface area (Å²) >= 11 is 15.3. The number of benzene rings is 2. The van der Waals surface area contributed by atoms with E-state index in [1.54, 1.807) is 30.3 Å². The molecule has 6 heteroatoms. The van der Waals surface area contributed by atoms with Gasteiger partial charge in [-0.2, -0.15) is 0 Å². The molecule has 0 spiro atoms. The summed E-state index contributed by atoms with van der Waals surface area (Å²) in [6.07, 6.45) is 0.627. The number of halogens is 3. The molecule has 3 N–H and O–H groups in total. The summed E-state index contributed by atoms with van der Waals surface area (Å²) in [6.45, 7) is 0.474. The molecule has 1 amide bonds. The number of hydrogen-bond acceptors (Lipinski definition) is 2. The van der Waals surface area contributed by atoms with Gasteiger partial charge < -0.3 is 11.1 Å². The maximum absolute atomic E-state index is 12.1. The number of rotatable bonds is 4. The van der Waals surface area contributed by atoms with E-state index in [1.807, 2.05) is 6.07 Å². The van der Waals surface area contributed by atoms with Crippen molar-refractivity contribution in [2.75, 3.05) is 12.3 Å². The maximum Gasteiger partial charge on any atom is 0.252 e. The second kappa shape index (κ2) is 7.16. The van der Waals surface area contributed by atoms with Gasteiger partial charge in [0.2, 0.25) is 0 Å². The smallest absolute Gasteiger partial charge is 0.252 e. The van der Waals surface area contributed by atoms with Crippen molar-refractivity contribution in [2.24, 2.45) is 0 Å². The summed E-state index contributed by atoms with van der Waals surface area (Å²) in [5, 5.41) is 4.03. The Morgan fingerprint density at radius 3 is 2.67 bits per heavy atom. The Morgan fingerprint density at radius 1 is 1.19 bits per heavy atom. The van der Waals surface area contributed by atoms with Crippen molar-refractivity contribution in [1.29, 1.82) is 0 Å². The van der Waals surface area contributed by atoms with Gasteiger partial charge in [0.05, 0.1) is 5.56 Å². The average Bonchev–Trinajstić information content (AvgIpc) is 2.43. The Kier molecular flexibility index (Phi) is 5.51. The zero-order valence-corrected chi connectivity index (χ0v) is 14.1. The number of nitrogen functional groups attached to an aromatic ring is 1. The first-order valence-corrected chi connectivity index (χ1v) is 7.79. The van der Waals surface area contributed by atoms with E-state index < -0.39 is 0 Å². The van der Waals surface area contributed by atoms with Gasteiger partial charge in [-0.1, -0.05) is 29.3 Å². The lowest BCUT2D eigenvalue weighted by Gasteiger charge is -2.09. The minimum Gasteiger partial charge on any atom is -0.399 e. The molecule has 2 aromatic carbocycles. The highest BCUT2D eigenvalue weighted by molar-refractivity contribution is 9.10. The first-order chi connectivity index (χ1) is 9.97. The van der Waals surface area contributed by atoms with Gasteiger partial charge in [-0.05, 0) is 58.2 Å². The fourth-order valence-electron chi connectivity index (χ4n) is 1.85. The lowest BCUT2D eigenvalue weighted by Crippen LogP contribution is -2.26. The molecular formula is C15H13BrCl2N2O. The van der Waals surface area contributed by atoms with Gasteiger partial charge in [0.1, 0.15) is 0 Å². The van der Waals surface area contributed by atoms with Crippen molar-refractivity contribution in [1.82, 2.24) is 5.32 Å². The third kappa shape index (κ3) is 4.37. The first-order valence-electron chi connectivity index (χ1n) is 6.24. The number of nitrogens with two attached hydrogens (primary N) is 1. The number of nitrogens with one attached hydrogen (secondary N) is 1. The van der Waals surface area contributed by atoms with Crippen LogP contribution in [0.2, 0.25) is 10.0 Å². The number of amides is 1. The molecule has 0 bridgehead atoms. The largest absolute Gasteiger partial charge is 0.399 e. The molecule has 0 aromatic heterocycles. The standard InChI is InChI=1S/C15H13BrCl2N2O/c16-13-4-3-11(19)8-12(13)15(21)20-6-5-9-1-2-10(17)7-14(9)18/h1-4,7-8H,5-6,19H2,(H,20,21). The Hall–Kier alpha value is -1.23. The number of carbonyl (C=O) groups excluding carboxylic acids is 1. The van der Waals surface area contributed by atoms with E-state index in [2.05, 4.69) is 21.2 Å².